The summed E-state index contributed by atoms with van der Waals surface area (Å²) in [5, 5.41) is 13.8. The summed E-state index contributed by atoms with van der Waals surface area (Å²) in [5.41, 5.74) is 1.55. The molecule has 1 atom stereocenters. The molecule has 9 heteroatoms. The summed E-state index contributed by atoms with van der Waals surface area (Å²) in [7, 11) is -3.85. The number of aryl methyl sites for hydroxylation is 2. The summed E-state index contributed by atoms with van der Waals surface area (Å²) in [6.45, 7) is 3.50. The van der Waals surface area contributed by atoms with E-state index in [1.165, 1.54) is 25.1 Å². The van der Waals surface area contributed by atoms with E-state index in [1.54, 1.807) is 6.92 Å². The first-order chi connectivity index (χ1) is 13.6. The van der Waals surface area contributed by atoms with Crippen LogP contribution in [0.5, 0.6) is 0 Å². The number of nitrogens with one attached hydrogen (secondary N) is 1. The van der Waals surface area contributed by atoms with E-state index < -0.39 is 26.9 Å². The Kier molecular flexibility index (Phi) is 7.33. The Morgan fingerprint density at radius 3 is 2.45 bits per heavy atom. The third-order valence-electron chi connectivity index (χ3n) is 4.51. The zero-order valence-corrected chi connectivity index (χ0v) is 17.5. The van der Waals surface area contributed by atoms with Crippen molar-refractivity contribution in [3.63, 3.8) is 0 Å². The lowest BCUT2D eigenvalue weighted by Gasteiger charge is -2.29. The van der Waals surface area contributed by atoms with Gasteiger partial charge in [0.05, 0.1) is 16.9 Å². The molecule has 0 aromatic heterocycles. The van der Waals surface area contributed by atoms with Gasteiger partial charge in [-0.05, 0) is 37.8 Å². The van der Waals surface area contributed by atoms with Crippen LogP contribution < -0.4 is 9.62 Å². The van der Waals surface area contributed by atoms with E-state index >= 15 is 0 Å². The third kappa shape index (κ3) is 6.02. The van der Waals surface area contributed by atoms with Crippen molar-refractivity contribution < 1.29 is 18.1 Å². The molecule has 1 amide bonds. The number of rotatable bonds is 9. The Balaban J connectivity index is 2.13. The standard InChI is InChI=1S/C20H25N3O5S/c1-15-11-12-18(23(25)26)14-19(15)22(29(3,27)28)16(2)20(24)21-13-7-10-17-8-5-4-6-9-17/h4-6,8-9,11-12,14,16H,7,10,13H2,1-3H3,(H,21,24). The SMILES string of the molecule is Cc1ccc([N+](=O)[O-])cc1N(C(C)C(=O)NCCCc1ccccc1)S(C)(=O)=O. The van der Waals surface area contributed by atoms with E-state index in [-0.39, 0.29) is 11.4 Å². The normalized spacial score (nSPS) is 12.2. The Bertz CT molecular complexity index is 977. The van der Waals surface area contributed by atoms with E-state index in [2.05, 4.69) is 5.32 Å². The number of sulfonamides is 1. The van der Waals surface area contributed by atoms with Gasteiger partial charge in [-0.25, -0.2) is 8.42 Å². The second-order valence-corrected chi connectivity index (χ2v) is 8.70. The van der Waals surface area contributed by atoms with Crippen LogP contribution in [0.2, 0.25) is 0 Å². The minimum atomic E-state index is -3.85. The highest BCUT2D eigenvalue weighted by Gasteiger charge is 2.31. The molecule has 1 unspecified atom stereocenters. The van der Waals surface area contributed by atoms with Crippen LogP contribution in [0.3, 0.4) is 0 Å². The number of nitro groups is 1. The number of benzene rings is 2. The average Bonchev–Trinajstić information content (AvgIpc) is 2.66. The predicted molar refractivity (Wildman–Crippen MR) is 112 cm³/mol. The van der Waals surface area contributed by atoms with Gasteiger partial charge >= 0.3 is 0 Å². The van der Waals surface area contributed by atoms with Gasteiger partial charge in [-0.15, -0.1) is 0 Å². The number of carbonyl (C=O) groups excluding carboxylic acids is 1. The zero-order valence-electron chi connectivity index (χ0n) is 16.7. The van der Waals surface area contributed by atoms with Gasteiger partial charge in [-0.3, -0.25) is 19.2 Å². The van der Waals surface area contributed by atoms with E-state index in [0.717, 1.165) is 22.5 Å². The number of anilines is 1. The molecule has 0 aliphatic rings. The first-order valence-corrected chi connectivity index (χ1v) is 11.0. The van der Waals surface area contributed by atoms with Gasteiger partial charge in [-0.1, -0.05) is 36.4 Å². The molecule has 0 spiro atoms. The van der Waals surface area contributed by atoms with Crippen LogP contribution in [0.25, 0.3) is 0 Å². The molecule has 2 aromatic carbocycles. The minimum Gasteiger partial charge on any atom is -0.354 e. The van der Waals surface area contributed by atoms with Gasteiger partial charge in [0.2, 0.25) is 15.9 Å². The van der Waals surface area contributed by atoms with Gasteiger partial charge < -0.3 is 5.32 Å². The topological polar surface area (TPSA) is 110 Å². The fourth-order valence-electron chi connectivity index (χ4n) is 3.03. The van der Waals surface area contributed by atoms with Crippen LogP contribution in [0.4, 0.5) is 11.4 Å². The van der Waals surface area contributed by atoms with Gasteiger partial charge in [0.1, 0.15) is 6.04 Å². The fourth-order valence-corrected chi connectivity index (χ4v) is 4.25. The number of hydrogen-bond donors (Lipinski definition) is 1. The minimum absolute atomic E-state index is 0.119. The highest BCUT2D eigenvalue weighted by Crippen LogP contribution is 2.29. The summed E-state index contributed by atoms with van der Waals surface area (Å²) < 4.78 is 25.7. The first-order valence-electron chi connectivity index (χ1n) is 9.17. The van der Waals surface area contributed by atoms with Crippen molar-refractivity contribution in [2.24, 2.45) is 0 Å². The first kappa shape index (κ1) is 22.4. The maximum atomic E-state index is 12.6. The second-order valence-electron chi connectivity index (χ2n) is 6.84. The van der Waals surface area contributed by atoms with Gasteiger partial charge in [0.25, 0.3) is 5.69 Å². The van der Waals surface area contributed by atoms with Crippen LogP contribution in [-0.4, -0.2) is 38.1 Å². The number of non-ortho nitro benzene ring substituents is 1. The van der Waals surface area contributed by atoms with E-state index in [1.807, 2.05) is 30.3 Å². The molecule has 0 saturated heterocycles. The van der Waals surface area contributed by atoms with Crippen LogP contribution in [0.1, 0.15) is 24.5 Å². The number of amides is 1. The Labute approximate surface area is 170 Å². The maximum absolute atomic E-state index is 12.6. The summed E-state index contributed by atoms with van der Waals surface area (Å²) >= 11 is 0. The summed E-state index contributed by atoms with van der Waals surface area (Å²) in [6.07, 6.45) is 2.47. The molecule has 0 bridgehead atoms. The molecule has 0 radical (unpaired) electrons. The Hall–Kier alpha value is -2.94. The van der Waals surface area contributed by atoms with Crippen molar-refractivity contribution in [3.05, 3.63) is 69.8 Å². The molecule has 1 N–H and O–H groups in total. The van der Waals surface area contributed by atoms with Crippen LogP contribution in [0, 0.1) is 17.0 Å². The summed E-state index contributed by atoms with van der Waals surface area (Å²) in [5.74, 6) is -0.464. The zero-order chi connectivity index (χ0) is 21.6. The molecule has 2 aromatic rings. The fraction of sp³-hybridized carbons (Fsp3) is 0.350. The largest absolute Gasteiger partial charge is 0.354 e. The van der Waals surface area contributed by atoms with E-state index in [4.69, 9.17) is 0 Å². The molecule has 0 aliphatic carbocycles. The van der Waals surface area contributed by atoms with Crippen molar-refractivity contribution in [2.45, 2.75) is 32.7 Å². The highest BCUT2D eigenvalue weighted by molar-refractivity contribution is 7.92. The van der Waals surface area contributed by atoms with E-state index in [9.17, 15) is 23.3 Å². The molecular formula is C20H25N3O5S. The van der Waals surface area contributed by atoms with Crippen LogP contribution in [-0.2, 0) is 21.2 Å². The molecule has 2 rings (SSSR count). The van der Waals surface area contributed by atoms with E-state index in [0.29, 0.717) is 18.5 Å². The smallest absolute Gasteiger partial charge is 0.271 e. The Morgan fingerprint density at radius 2 is 1.86 bits per heavy atom. The lowest BCUT2D eigenvalue weighted by atomic mass is 10.1. The quantitative estimate of drug-likeness (QED) is 0.382. The highest BCUT2D eigenvalue weighted by atomic mass is 32.2. The molecule has 0 aliphatic heterocycles. The predicted octanol–water partition coefficient (Wildman–Crippen LogP) is 2.81. The second kappa shape index (κ2) is 9.51. The monoisotopic (exact) mass is 419 g/mol. The molecule has 156 valence electrons. The van der Waals surface area contributed by atoms with Crippen molar-refractivity contribution in [1.29, 1.82) is 0 Å². The third-order valence-corrected chi connectivity index (χ3v) is 5.74. The lowest BCUT2D eigenvalue weighted by Crippen LogP contribution is -2.48. The van der Waals surface area contributed by atoms with Gasteiger partial charge in [0.15, 0.2) is 0 Å². The summed E-state index contributed by atoms with van der Waals surface area (Å²) in [6, 6.07) is 12.7. The molecule has 8 nitrogen and oxygen atoms in total. The number of nitrogens with zero attached hydrogens (tertiary/aromatic N) is 2. The van der Waals surface area contributed by atoms with Gasteiger partial charge in [0, 0.05) is 18.7 Å². The van der Waals surface area contributed by atoms with Crippen molar-refractivity contribution in [2.75, 3.05) is 17.1 Å². The van der Waals surface area contributed by atoms with Gasteiger partial charge in [-0.2, -0.15) is 0 Å². The Morgan fingerprint density at radius 1 is 1.21 bits per heavy atom. The van der Waals surface area contributed by atoms with Crippen molar-refractivity contribution in [1.82, 2.24) is 5.32 Å². The molecule has 0 fully saturated rings. The lowest BCUT2D eigenvalue weighted by molar-refractivity contribution is -0.384. The van der Waals surface area contributed by atoms with Crippen LogP contribution >= 0.6 is 0 Å². The number of nitro benzene ring substituents is 1. The molecular weight excluding hydrogens is 394 g/mol. The average molecular weight is 420 g/mol. The molecule has 29 heavy (non-hydrogen) atoms. The number of hydrogen-bond acceptors (Lipinski definition) is 5. The van der Waals surface area contributed by atoms with Crippen molar-refractivity contribution in [3.8, 4) is 0 Å². The van der Waals surface area contributed by atoms with Crippen molar-refractivity contribution >= 4 is 27.3 Å². The molecule has 0 saturated carbocycles. The molecule has 0 heterocycles. The van der Waals surface area contributed by atoms with Crippen LogP contribution in [0.15, 0.2) is 48.5 Å². The summed E-state index contributed by atoms with van der Waals surface area (Å²) in [4.78, 5) is 23.1. The number of carbonyl (C=O) groups is 1. The maximum Gasteiger partial charge on any atom is 0.271 e.